The molecule has 0 unspecified atom stereocenters. The van der Waals surface area contributed by atoms with Gasteiger partial charge < -0.3 is 20.4 Å². The van der Waals surface area contributed by atoms with Gasteiger partial charge in [-0.3, -0.25) is 4.79 Å². The maximum atomic E-state index is 12.5. The lowest BCUT2D eigenvalue weighted by molar-refractivity contribution is -0.148. The molecule has 1 aliphatic rings. The fourth-order valence-electron chi connectivity index (χ4n) is 3.52. The number of β-amino-alcohol motifs (C(OH)–C–C–N with tert-alkyl or cyclic N) is 1. The van der Waals surface area contributed by atoms with E-state index in [0.29, 0.717) is 24.5 Å². The standard InChI is InChI=1S/C22H26Cl2N2O3/c23-18-7-5-16(6-8-18)13-21(28)26-12-10-22(29,20(27)14-26)15-25-11-9-17-3-1-2-4-19(17)24/h1-8,20,25,27,29H,9-15H2/t20-,22-/m0/s1. The van der Waals surface area contributed by atoms with Crippen LogP contribution in [-0.4, -0.2) is 58.9 Å². The summed E-state index contributed by atoms with van der Waals surface area (Å²) in [5.74, 6) is -0.0694. The quantitative estimate of drug-likeness (QED) is 0.583. The van der Waals surface area contributed by atoms with Crippen LogP contribution in [0.2, 0.25) is 10.0 Å². The zero-order valence-electron chi connectivity index (χ0n) is 16.2. The predicted molar refractivity (Wildman–Crippen MR) is 115 cm³/mol. The fraction of sp³-hybridized carbons (Fsp3) is 0.409. The molecule has 0 aromatic heterocycles. The van der Waals surface area contributed by atoms with Crippen LogP contribution in [0.3, 0.4) is 0 Å². The van der Waals surface area contributed by atoms with Crippen molar-refractivity contribution in [1.29, 1.82) is 0 Å². The van der Waals surface area contributed by atoms with Gasteiger partial charge in [-0.1, -0.05) is 53.5 Å². The van der Waals surface area contributed by atoms with Crippen molar-refractivity contribution in [2.24, 2.45) is 0 Å². The number of aliphatic hydroxyl groups is 2. The fourth-order valence-corrected chi connectivity index (χ4v) is 3.87. The Morgan fingerprint density at radius 3 is 2.59 bits per heavy atom. The molecule has 1 fully saturated rings. The number of benzene rings is 2. The van der Waals surface area contributed by atoms with Crippen LogP contribution < -0.4 is 5.32 Å². The first-order chi connectivity index (χ1) is 13.9. The third-order valence-electron chi connectivity index (χ3n) is 5.41. The minimum Gasteiger partial charge on any atom is -0.388 e. The van der Waals surface area contributed by atoms with Crippen LogP contribution in [-0.2, 0) is 17.6 Å². The van der Waals surface area contributed by atoms with Crippen molar-refractivity contribution in [2.45, 2.75) is 31.0 Å². The maximum absolute atomic E-state index is 12.5. The summed E-state index contributed by atoms with van der Waals surface area (Å²) in [7, 11) is 0. The summed E-state index contributed by atoms with van der Waals surface area (Å²) in [5.41, 5.74) is 0.658. The Kier molecular flexibility index (Phi) is 7.55. The average molecular weight is 437 g/mol. The van der Waals surface area contributed by atoms with E-state index < -0.39 is 11.7 Å². The lowest BCUT2D eigenvalue weighted by Gasteiger charge is -2.42. The van der Waals surface area contributed by atoms with E-state index in [2.05, 4.69) is 5.32 Å². The van der Waals surface area contributed by atoms with Gasteiger partial charge in [0.15, 0.2) is 0 Å². The van der Waals surface area contributed by atoms with Crippen molar-refractivity contribution in [2.75, 3.05) is 26.2 Å². The maximum Gasteiger partial charge on any atom is 0.227 e. The Bertz CT molecular complexity index is 831. The first-order valence-electron chi connectivity index (χ1n) is 9.74. The van der Waals surface area contributed by atoms with E-state index in [0.717, 1.165) is 22.6 Å². The van der Waals surface area contributed by atoms with Gasteiger partial charge in [-0.15, -0.1) is 0 Å². The molecule has 1 amide bonds. The lowest BCUT2D eigenvalue weighted by Crippen LogP contribution is -2.60. The second kappa shape index (κ2) is 9.92. The molecule has 0 spiro atoms. The molecule has 0 bridgehead atoms. The van der Waals surface area contributed by atoms with E-state index in [-0.39, 0.29) is 25.4 Å². The molecule has 0 saturated carbocycles. The van der Waals surface area contributed by atoms with E-state index in [1.54, 1.807) is 17.0 Å². The molecule has 0 radical (unpaired) electrons. The minimum atomic E-state index is -1.25. The monoisotopic (exact) mass is 436 g/mol. The minimum absolute atomic E-state index is 0.0694. The van der Waals surface area contributed by atoms with Gasteiger partial charge in [0.05, 0.1) is 6.42 Å². The molecule has 3 N–H and O–H groups in total. The Morgan fingerprint density at radius 2 is 1.90 bits per heavy atom. The number of carbonyl (C=O) groups excluding carboxylic acids is 1. The van der Waals surface area contributed by atoms with Gasteiger partial charge in [-0.05, 0) is 48.7 Å². The van der Waals surface area contributed by atoms with Gasteiger partial charge >= 0.3 is 0 Å². The molecule has 2 aromatic carbocycles. The second-order valence-corrected chi connectivity index (χ2v) is 8.37. The smallest absolute Gasteiger partial charge is 0.227 e. The average Bonchev–Trinajstić information content (AvgIpc) is 2.70. The van der Waals surface area contributed by atoms with Gasteiger partial charge in [-0.25, -0.2) is 0 Å². The number of carbonyl (C=O) groups is 1. The molecule has 2 atom stereocenters. The van der Waals surface area contributed by atoms with Crippen LogP contribution in [0.15, 0.2) is 48.5 Å². The predicted octanol–water partition coefficient (Wildman–Crippen LogP) is 2.69. The van der Waals surface area contributed by atoms with Crippen LogP contribution in [0.1, 0.15) is 17.5 Å². The highest BCUT2D eigenvalue weighted by Crippen LogP contribution is 2.23. The Morgan fingerprint density at radius 1 is 1.17 bits per heavy atom. The zero-order valence-corrected chi connectivity index (χ0v) is 17.7. The molecule has 2 aromatic rings. The Hall–Kier alpha value is -1.63. The summed E-state index contributed by atoms with van der Waals surface area (Å²) < 4.78 is 0. The Labute approximate surface area is 181 Å². The van der Waals surface area contributed by atoms with Gasteiger partial charge in [-0.2, -0.15) is 0 Å². The molecular weight excluding hydrogens is 411 g/mol. The van der Waals surface area contributed by atoms with Crippen LogP contribution in [0, 0.1) is 0 Å². The molecular formula is C22H26Cl2N2O3. The number of aliphatic hydroxyl groups excluding tert-OH is 1. The highest BCUT2D eigenvalue weighted by Gasteiger charge is 2.41. The van der Waals surface area contributed by atoms with E-state index in [9.17, 15) is 15.0 Å². The number of amides is 1. The number of halogens is 2. The van der Waals surface area contributed by atoms with Crippen LogP contribution in [0.25, 0.3) is 0 Å². The molecule has 7 heteroatoms. The van der Waals surface area contributed by atoms with Crippen LogP contribution >= 0.6 is 23.2 Å². The third-order valence-corrected chi connectivity index (χ3v) is 6.03. The molecule has 1 heterocycles. The molecule has 1 aliphatic heterocycles. The van der Waals surface area contributed by atoms with Gasteiger partial charge in [0.25, 0.3) is 0 Å². The largest absolute Gasteiger partial charge is 0.388 e. The van der Waals surface area contributed by atoms with E-state index >= 15 is 0 Å². The molecule has 1 saturated heterocycles. The van der Waals surface area contributed by atoms with Crippen molar-refractivity contribution < 1.29 is 15.0 Å². The number of hydrogen-bond acceptors (Lipinski definition) is 4. The highest BCUT2D eigenvalue weighted by molar-refractivity contribution is 6.31. The van der Waals surface area contributed by atoms with Gasteiger partial charge in [0.1, 0.15) is 11.7 Å². The number of nitrogens with one attached hydrogen (secondary N) is 1. The van der Waals surface area contributed by atoms with E-state index in [1.165, 1.54) is 0 Å². The van der Waals surface area contributed by atoms with E-state index in [1.807, 2.05) is 36.4 Å². The number of hydrogen-bond donors (Lipinski definition) is 3. The first kappa shape index (κ1) is 22.1. The summed E-state index contributed by atoms with van der Waals surface area (Å²) in [4.78, 5) is 14.1. The van der Waals surface area contributed by atoms with Crippen molar-refractivity contribution in [3.05, 3.63) is 69.7 Å². The van der Waals surface area contributed by atoms with Crippen LogP contribution in [0.4, 0.5) is 0 Å². The molecule has 0 aliphatic carbocycles. The molecule has 156 valence electrons. The van der Waals surface area contributed by atoms with Crippen molar-refractivity contribution in [3.63, 3.8) is 0 Å². The summed E-state index contributed by atoms with van der Waals surface area (Å²) in [6.07, 6.45) is 0.300. The van der Waals surface area contributed by atoms with Crippen molar-refractivity contribution in [3.8, 4) is 0 Å². The topological polar surface area (TPSA) is 72.8 Å². The van der Waals surface area contributed by atoms with E-state index in [4.69, 9.17) is 23.2 Å². The SMILES string of the molecule is O=C(Cc1ccc(Cl)cc1)N1CC[C@](O)(CNCCc2ccccc2Cl)[C@@H](O)C1. The third kappa shape index (κ3) is 5.93. The lowest BCUT2D eigenvalue weighted by atomic mass is 9.88. The van der Waals surface area contributed by atoms with Crippen molar-refractivity contribution in [1.82, 2.24) is 10.2 Å². The van der Waals surface area contributed by atoms with Gasteiger partial charge in [0, 0.05) is 29.7 Å². The molecule has 5 nitrogen and oxygen atoms in total. The molecule has 29 heavy (non-hydrogen) atoms. The highest BCUT2D eigenvalue weighted by atomic mass is 35.5. The van der Waals surface area contributed by atoms with Gasteiger partial charge in [0.2, 0.25) is 5.91 Å². The number of nitrogens with zero attached hydrogens (tertiary/aromatic N) is 1. The summed E-state index contributed by atoms with van der Waals surface area (Å²) >= 11 is 12.0. The second-order valence-electron chi connectivity index (χ2n) is 7.53. The molecule has 3 rings (SSSR count). The number of rotatable bonds is 7. The first-order valence-corrected chi connectivity index (χ1v) is 10.5. The number of likely N-dealkylation sites (tertiary alicyclic amines) is 1. The summed E-state index contributed by atoms with van der Waals surface area (Å²) in [6.45, 7) is 1.43. The number of piperidine rings is 1. The van der Waals surface area contributed by atoms with Crippen molar-refractivity contribution >= 4 is 29.1 Å². The normalized spacial score (nSPS) is 21.9. The summed E-state index contributed by atoms with van der Waals surface area (Å²) in [6, 6.07) is 14.8. The Balaban J connectivity index is 1.46. The summed E-state index contributed by atoms with van der Waals surface area (Å²) in [5, 5.41) is 25.9. The van der Waals surface area contributed by atoms with Crippen LogP contribution in [0.5, 0.6) is 0 Å². The zero-order chi connectivity index (χ0) is 20.9.